The number of benzene rings is 2. The highest BCUT2D eigenvalue weighted by Crippen LogP contribution is 2.48. The summed E-state index contributed by atoms with van der Waals surface area (Å²) in [6, 6.07) is 4.34. The Kier molecular flexibility index (Phi) is 4.63. The van der Waals surface area contributed by atoms with Crippen LogP contribution in [0.25, 0.3) is 22.0 Å². The number of fused-ring (bicyclic) bond motifs is 2. The lowest BCUT2D eigenvalue weighted by Gasteiger charge is -2.41. The van der Waals surface area contributed by atoms with Gasteiger partial charge in [-0.05, 0) is 13.0 Å². The summed E-state index contributed by atoms with van der Waals surface area (Å²) < 4.78 is 36.3. The number of aromatic hydroxyl groups is 1. The van der Waals surface area contributed by atoms with E-state index < -0.39 is 17.4 Å². The van der Waals surface area contributed by atoms with Crippen LogP contribution >= 0.6 is 11.6 Å². The summed E-state index contributed by atoms with van der Waals surface area (Å²) in [4.78, 5) is 10.7. The van der Waals surface area contributed by atoms with Crippen LogP contribution in [0.5, 0.6) is 11.5 Å². The molecule has 0 amide bonds. The van der Waals surface area contributed by atoms with Crippen molar-refractivity contribution in [3.8, 4) is 22.6 Å². The van der Waals surface area contributed by atoms with E-state index in [4.69, 9.17) is 16.3 Å². The van der Waals surface area contributed by atoms with Gasteiger partial charge in [0.2, 0.25) is 0 Å². The lowest BCUT2D eigenvalue weighted by atomic mass is 9.99. The fourth-order valence-electron chi connectivity index (χ4n) is 4.26. The maximum absolute atomic E-state index is 15.7. The number of rotatable bonds is 1. The first-order valence-corrected chi connectivity index (χ1v) is 10.1. The zero-order valence-electron chi connectivity index (χ0n) is 16.1. The summed E-state index contributed by atoms with van der Waals surface area (Å²) in [5.74, 6) is -1.55. The molecule has 6 nitrogen and oxygen atoms in total. The minimum Gasteiger partial charge on any atom is -0.505 e. The number of piperazine rings is 1. The van der Waals surface area contributed by atoms with Gasteiger partial charge in [-0.15, -0.1) is 0 Å². The standard InChI is InChI=1S/C21H19ClF2N4O2/c1-10-8-28-11(7-25-10)5-6-30-20-15-19(26-9-27-21(15)28)18(24)14(16(20)22)12-3-2-4-13(29)17(12)23/h2-4,9-11,25,29H,5-8H2,1H3/t10-,11+/m1/s1. The predicted molar refractivity (Wildman–Crippen MR) is 110 cm³/mol. The van der Waals surface area contributed by atoms with Crippen LogP contribution in [-0.4, -0.2) is 46.9 Å². The highest BCUT2D eigenvalue weighted by atomic mass is 35.5. The predicted octanol–water partition coefficient (Wildman–Crippen LogP) is 3.88. The molecule has 2 aromatic carbocycles. The second kappa shape index (κ2) is 7.21. The normalized spacial score (nSPS) is 21.0. The molecule has 2 N–H and O–H groups in total. The van der Waals surface area contributed by atoms with E-state index in [-0.39, 0.29) is 39.5 Å². The average molecular weight is 433 g/mol. The monoisotopic (exact) mass is 432 g/mol. The van der Waals surface area contributed by atoms with Gasteiger partial charge in [-0.2, -0.15) is 0 Å². The Morgan fingerprint density at radius 1 is 1.27 bits per heavy atom. The van der Waals surface area contributed by atoms with Gasteiger partial charge in [0.05, 0.1) is 17.0 Å². The second-order valence-electron chi connectivity index (χ2n) is 7.64. The number of nitrogens with zero attached hydrogens (tertiary/aromatic N) is 3. The molecule has 0 aliphatic carbocycles. The number of phenolic OH excluding ortho intramolecular Hbond substituents is 1. The number of hydrogen-bond donors (Lipinski definition) is 2. The van der Waals surface area contributed by atoms with E-state index in [1.165, 1.54) is 24.5 Å². The van der Waals surface area contributed by atoms with Crippen LogP contribution in [-0.2, 0) is 0 Å². The molecule has 156 valence electrons. The van der Waals surface area contributed by atoms with Gasteiger partial charge in [0, 0.05) is 42.7 Å². The van der Waals surface area contributed by atoms with Crippen molar-refractivity contribution in [2.24, 2.45) is 0 Å². The van der Waals surface area contributed by atoms with Crippen LogP contribution in [0.1, 0.15) is 13.3 Å². The molecule has 30 heavy (non-hydrogen) atoms. The van der Waals surface area contributed by atoms with Gasteiger partial charge < -0.3 is 20.1 Å². The Morgan fingerprint density at radius 3 is 2.93 bits per heavy atom. The molecule has 0 saturated carbocycles. The Bertz CT molecular complexity index is 1160. The fourth-order valence-corrected chi connectivity index (χ4v) is 4.60. The highest BCUT2D eigenvalue weighted by molar-refractivity contribution is 6.36. The van der Waals surface area contributed by atoms with Crippen molar-refractivity contribution in [2.75, 3.05) is 24.6 Å². The lowest BCUT2D eigenvalue weighted by Crippen LogP contribution is -2.56. The molecule has 0 radical (unpaired) electrons. The van der Waals surface area contributed by atoms with E-state index in [1.807, 2.05) is 0 Å². The van der Waals surface area contributed by atoms with Crippen molar-refractivity contribution >= 4 is 28.3 Å². The molecule has 1 fully saturated rings. The van der Waals surface area contributed by atoms with Crippen LogP contribution in [0.4, 0.5) is 14.6 Å². The third kappa shape index (κ3) is 2.86. The number of halogens is 3. The van der Waals surface area contributed by atoms with E-state index in [0.29, 0.717) is 30.8 Å². The molecular formula is C21H19ClF2N4O2. The lowest BCUT2D eigenvalue weighted by molar-refractivity contribution is 0.276. The quantitative estimate of drug-likeness (QED) is 0.608. The Labute approximate surface area is 176 Å². The molecule has 1 saturated heterocycles. The first-order valence-electron chi connectivity index (χ1n) is 9.73. The molecule has 2 atom stereocenters. The smallest absolute Gasteiger partial charge is 0.172 e. The van der Waals surface area contributed by atoms with Crippen LogP contribution in [0, 0.1) is 11.6 Å². The number of anilines is 1. The van der Waals surface area contributed by atoms with Crippen LogP contribution in [0.15, 0.2) is 24.5 Å². The van der Waals surface area contributed by atoms with E-state index in [1.54, 1.807) is 0 Å². The number of ether oxygens (including phenoxy) is 1. The molecule has 9 heteroatoms. The SMILES string of the molecule is C[C@@H]1CN2c3ncnc4c(F)c(-c5cccc(O)c5F)c(Cl)c(c34)OCC[C@H]2CN1. The molecule has 3 heterocycles. The van der Waals surface area contributed by atoms with E-state index in [9.17, 15) is 9.50 Å². The number of phenols is 1. The van der Waals surface area contributed by atoms with Crippen molar-refractivity contribution in [1.29, 1.82) is 0 Å². The zero-order chi connectivity index (χ0) is 21.0. The van der Waals surface area contributed by atoms with Crippen molar-refractivity contribution in [3.63, 3.8) is 0 Å². The Balaban J connectivity index is 1.82. The molecule has 3 aromatic rings. The third-order valence-electron chi connectivity index (χ3n) is 5.73. The molecule has 0 bridgehead atoms. The van der Waals surface area contributed by atoms with Gasteiger partial charge in [0.1, 0.15) is 17.7 Å². The van der Waals surface area contributed by atoms with Crippen LogP contribution in [0.3, 0.4) is 0 Å². The molecule has 0 spiro atoms. The summed E-state index contributed by atoms with van der Waals surface area (Å²) >= 11 is 6.59. The van der Waals surface area contributed by atoms with Crippen molar-refractivity contribution in [2.45, 2.75) is 25.4 Å². The summed E-state index contributed by atoms with van der Waals surface area (Å²) in [5, 5.41) is 13.5. The van der Waals surface area contributed by atoms with Gasteiger partial charge in [0.25, 0.3) is 0 Å². The summed E-state index contributed by atoms with van der Waals surface area (Å²) in [5.41, 5.74) is -0.345. The fraction of sp³-hybridized carbons (Fsp3) is 0.333. The molecular weight excluding hydrogens is 414 g/mol. The molecule has 2 aliphatic rings. The van der Waals surface area contributed by atoms with Crippen LogP contribution in [0.2, 0.25) is 5.02 Å². The Morgan fingerprint density at radius 2 is 2.10 bits per heavy atom. The maximum atomic E-state index is 15.7. The first kappa shape index (κ1) is 19.3. The molecule has 1 aromatic heterocycles. The van der Waals surface area contributed by atoms with Gasteiger partial charge >= 0.3 is 0 Å². The van der Waals surface area contributed by atoms with E-state index >= 15 is 4.39 Å². The van der Waals surface area contributed by atoms with Crippen molar-refractivity contribution in [3.05, 3.63) is 41.2 Å². The average Bonchev–Trinajstić information content (AvgIpc) is 2.72. The number of nitrogens with one attached hydrogen (secondary N) is 1. The van der Waals surface area contributed by atoms with Gasteiger partial charge in [-0.3, -0.25) is 0 Å². The maximum Gasteiger partial charge on any atom is 0.172 e. The van der Waals surface area contributed by atoms with Gasteiger partial charge in [-0.25, -0.2) is 18.7 Å². The van der Waals surface area contributed by atoms with E-state index in [2.05, 4.69) is 27.1 Å². The highest BCUT2D eigenvalue weighted by Gasteiger charge is 2.34. The minimum absolute atomic E-state index is 0.00368. The van der Waals surface area contributed by atoms with Gasteiger partial charge in [-0.1, -0.05) is 23.7 Å². The zero-order valence-corrected chi connectivity index (χ0v) is 16.9. The topological polar surface area (TPSA) is 70.5 Å². The first-order chi connectivity index (χ1) is 14.5. The minimum atomic E-state index is -0.957. The largest absolute Gasteiger partial charge is 0.505 e. The second-order valence-corrected chi connectivity index (χ2v) is 8.02. The van der Waals surface area contributed by atoms with Crippen molar-refractivity contribution in [1.82, 2.24) is 15.3 Å². The Hall–Kier alpha value is -2.71. The van der Waals surface area contributed by atoms with Crippen LogP contribution < -0.4 is 15.0 Å². The third-order valence-corrected chi connectivity index (χ3v) is 6.09. The summed E-state index contributed by atoms with van der Waals surface area (Å²) in [6.07, 6.45) is 2.01. The van der Waals surface area contributed by atoms with Crippen molar-refractivity contribution < 1.29 is 18.6 Å². The van der Waals surface area contributed by atoms with Gasteiger partial charge in [0.15, 0.2) is 23.1 Å². The molecule has 2 aliphatic heterocycles. The molecule has 5 rings (SSSR count). The summed E-state index contributed by atoms with van der Waals surface area (Å²) in [6.45, 7) is 3.88. The number of hydrogen-bond acceptors (Lipinski definition) is 6. The number of aromatic nitrogens is 2. The van der Waals surface area contributed by atoms with E-state index in [0.717, 1.165) is 6.54 Å². The summed E-state index contributed by atoms with van der Waals surface area (Å²) in [7, 11) is 0. The molecule has 0 unspecified atom stereocenters.